The lowest BCUT2D eigenvalue weighted by Crippen LogP contribution is -2.45. The van der Waals surface area contributed by atoms with Gasteiger partial charge >= 0.3 is 0 Å². The molecule has 0 radical (unpaired) electrons. The van der Waals surface area contributed by atoms with Crippen LogP contribution in [0.5, 0.6) is 0 Å². The van der Waals surface area contributed by atoms with Crippen molar-refractivity contribution in [2.75, 3.05) is 0 Å². The summed E-state index contributed by atoms with van der Waals surface area (Å²) in [4.78, 5) is 35.5. The first-order valence-electron chi connectivity index (χ1n) is 10.1. The molecule has 0 unspecified atom stereocenters. The van der Waals surface area contributed by atoms with Gasteiger partial charge in [0.05, 0.1) is 11.0 Å². The van der Waals surface area contributed by atoms with Crippen molar-refractivity contribution in [1.82, 2.24) is 19.9 Å². The lowest BCUT2D eigenvalue weighted by molar-refractivity contribution is -0.377. The molecule has 0 saturated heterocycles. The van der Waals surface area contributed by atoms with Gasteiger partial charge in [0, 0.05) is 41.2 Å². The lowest BCUT2D eigenvalue weighted by atomic mass is 10.1. The molecule has 8 nitrogen and oxygen atoms in total. The lowest BCUT2D eigenvalue weighted by Gasteiger charge is -2.17. The van der Waals surface area contributed by atoms with Gasteiger partial charge in [0.2, 0.25) is 5.91 Å². The summed E-state index contributed by atoms with van der Waals surface area (Å²) in [6.45, 7) is 4.61. The topological polar surface area (TPSA) is 120 Å². The van der Waals surface area contributed by atoms with E-state index in [1.54, 1.807) is 18.2 Å². The fraction of sp³-hybridized carbons (Fsp3) is 0.217. The number of carbonyl (C=O) groups is 2. The Bertz CT molecular complexity index is 1220. The number of hydrogen-bond donors (Lipinski definition) is 3. The molecule has 0 aliphatic carbocycles. The molecule has 4 aromatic rings. The number of nitrogens with zero attached hydrogens (tertiary/aromatic N) is 2. The van der Waals surface area contributed by atoms with Crippen LogP contribution in [0, 0.1) is 13.8 Å². The zero-order chi connectivity index (χ0) is 22.0. The number of hydrogen-bond acceptors (Lipinski definition) is 3. The number of imidazole rings is 1. The summed E-state index contributed by atoms with van der Waals surface area (Å²) in [6, 6.07) is 12.3. The van der Waals surface area contributed by atoms with Crippen LogP contribution in [0.25, 0.3) is 22.4 Å². The Labute approximate surface area is 179 Å². The summed E-state index contributed by atoms with van der Waals surface area (Å²) in [5.74, 6) is -0.187. The highest BCUT2D eigenvalue weighted by Gasteiger charge is 2.20. The van der Waals surface area contributed by atoms with Gasteiger partial charge in [-0.15, -0.1) is 0 Å². The third kappa shape index (κ3) is 4.32. The summed E-state index contributed by atoms with van der Waals surface area (Å²) in [5.41, 5.74) is 10.6. The summed E-state index contributed by atoms with van der Waals surface area (Å²) >= 11 is 0. The van der Waals surface area contributed by atoms with E-state index in [4.69, 9.17) is 5.73 Å². The van der Waals surface area contributed by atoms with Crippen LogP contribution in [0.4, 0.5) is 0 Å². The summed E-state index contributed by atoms with van der Waals surface area (Å²) in [5, 5.41) is 2.77. The smallest absolute Gasteiger partial charge is 0.252 e. The van der Waals surface area contributed by atoms with Crippen LogP contribution < -0.4 is 16.0 Å². The Morgan fingerprint density at radius 1 is 1.13 bits per heavy atom. The minimum absolute atomic E-state index is 0.350. The monoisotopic (exact) mass is 417 g/mol. The number of rotatable bonds is 7. The average molecular weight is 417 g/mol. The van der Waals surface area contributed by atoms with E-state index in [0.717, 1.165) is 28.0 Å². The second-order valence-electron chi connectivity index (χ2n) is 7.59. The molecule has 0 fully saturated rings. The van der Waals surface area contributed by atoms with Gasteiger partial charge in [-0.2, -0.15) is 0 Å². The van der Waals surface area contributed by atoms with Crippen molar-refractivity contribution in [3.63, 3.8) is 0 Å². The molecular weight excluding hydrogens is 392 g/mol. The number of carbonyl (C=O) groups excluding carboxylic acids is 2. The Hall–Kier alpha value is -3.94. The van der Waals surface area contributed by atoms with E-state index >= 15 is 0 Å². The first-order valence-corrected chi connectivity index (χ1v) is 10.1. The fourth-order valence-corrected chi connectivity index (χ4v) is 3.67. The second kappa shape index (κ2) is 8.43. The molecule has 0 saturated carbocycles. The van der Waals surface area contributed by atoms with Crippen LogP contribution in [0.3, 0.4) is 0 Å². The van der Waals surface area contributed by atoms with Crippen LogP contribution in [0.1, 0.15) is 28.2 Å². The number of primary amides is 1. The molecule has 5 N–H and O–H groups in total. The molecule has 0 bridgehead atoms. The van der Waals surface area contributed by atoms with E-state index in [9.17, 15) is 9.59 Å². The molecule has 0 spiro atoms. The molecule has 2 amide bonds. The molecule has 0 aliphatic heterocycles. The maximum absolute atomic E-state index is 12.8. The van der Waals surface area contributed by atoms with Crippen LogP contribution in [0.15, 0.2) is 54.9 Å². The van der Waals surface area contributed by atoms with Gasteiger partial charge in [-0.25, -0.2) is 9.97 Å². The molecule has 0 aliphatic rings. The zero-order valence-electron chi connectivity index (χ0n) is 17.5. The molecule has 8 heteroatoms. The van der Waals surface area contributed by atoms with Gasteiger partial charge in [-0.05, 0) is 50.6 Å². The maximum atomic E-state index is 12.8. The minimum Gasteiger partial charge on any atom is -0.368 e. The summed E-state index contributed by atoms with van der Waals surface area (Å²) < 4.78 is 2.10. The van der Waals surface area contributed by atoms with Crippen molar-refractivity contribution in [2.24, 2.45) is 5.73 Å². The van der Waals surface area contributed by atoms with Crippen molar-refractivity contribution >= 4 is 22.8 Å². The number of nitrogens with one attached hydrogen (secondary N) is 3. The van der Waals surface area contributed by atoms with Gasteiger partial charge < -0.3 is 20.6 Å². The molecular formula is C23H25N6O2+. The zero-order valence-corrected chi connectivity index (χ0v) is 17.5. The van der Waals surface area contributed by atoms with E-state index in [1.807, 2.05) is 50.5 Å². The van der Waals surface area contributed by atoms with Crippen LogP contribution in [-0.4, -0.2) is 32.4 Å². The minimum atomic E-state index is -0.762. The highest BCUT2D eigenvalue weighted by atomic mass is 16.2. The number of fused-ring (bicyclic) bond motifs is 1. The Morgan fingerprint density at radius 3 is 2.52 bits per heavy atom. The Morgan fingerprint density at radius 2 is 1.84 bits per heavy atom. The Kier molecular flexibility index (Phi) is 5.53. The van der Waals surface area contributed by atoms with Crippen molar-refractivity contribution in [3.8, 4) is 11.4 Å². The third-order valence-electron chi connectivity index (χ3n) is 5.44. The largest absolute Gasteiger partial charge is 0.368 e. The van der Waals surface area contributed by atoms with E-state index in [-0.39, 0.29) is 5.91 Å². The SMILES string of the molecule is Cc1ccc(C)n1CC[C@H](NC(=O)c1ccc2nc(-c3cc[nH+]cc3)[nH]c2c1)C(N)=O. The van der Waals surface area contributed by atoms with E-state index in [1.165, 1.54) is 0 Å². The van der Waals surface area contributed by atoms with Crippen molar-refractivity contribution < 1.29 is 14.6 Å². The van der Waals surface area contributed by atoms with Gasteiger partial charge in [-0.1, -0.05) is 0 Å². The maximum Gasteiger partial charge on any atom is 0.252 e. The highest BCUT2D eigenvalue weighted by molar-refractivity contribution is 5.99. The molecule has 31 heavy (non-hydrogen) atoms. The van der Waals surface area contributed by atoms with E-state index < -0.39 is 11.9 Å². The van der Waals surface area contributed by atoms with Gasteiger partial charge in [0.15, 0.2) is 12.4 Å². The number of benzene rings is 1. The fourth-order valence-electron chi connectivity index (χ4n) is 3.67. The standard InChI is InChI=1S/C23H24N6O2/c1-14-3-4-15(2)29(14)12-9-19(21(24)30)28-23(31)17-5-6-18-20(13-17)27-22(26-18)16-7-10-25-11-8-16/h3-8,10-11,13,19H,9,12H2,1-2H3,(H2,24,30)(H,26,27)(H,28,31)/p+1/t19-/m0/s1. The van der Waals surface area contributed by atoms with Crippen LogP contribution in [0.2, 0.25) is 0 Å². The van der Waals surface area contributed by atoms with Crippen LogP contribution >= 0.6 is 0 Å². The molecule has 158 valence electrons. The third-order valence-corrected chi connectivity index (χ3v) is 5.44. The molecule has 4 rings (SSSR count). The van der Waals surface area contributed by atoms with E-state index in [0.29, 0.717) is 24.4 Å². The number of amides is 2. The first kappa shape index (κ1) is 20.3. The Balaban J connectivity index is 1.50. The predicted molar refractivity (Wildman–Crippen MR) is 117 cm³/mol. The van der Waals surface area contributed by atoms with Crippen molar-refractivity contribution in [3.05, 3.63) is 71.8 Å². The summed E-state index contributed by atoms with van der Waals surface area (Å²) in [6.07, 6.45) is 4.06. The second-order valence-corrected chi connectivity index (χ2v) is 7.59. The number of nitrogens with two attached hydrogens (primary N) is 1. The number of pyridine rings is 1. The average Bonchev–Trinajstić information content (AvgIpc) is 3.34. The van der Waals surface area contributed by atoms with E-state index in [2.05, 4.69) is 24.8 Å². The number of aromatic nitrogens is 4. The predicted octanol–water partition coefficient (Wildman–Crippen LogP) is 2.14. The molecule has 3 heterocycles. The quantitative estimate of drug-likeness (QED) is 0.427. The van der Waals surface area contributed by atoms with Gasteiger partial charge in [0.25, 0.3) is 5.91 Å². The number of H-pyrrole nitrogens is 2. The van der Waals surface area contributed by atoms with Crippen LogP contribution in [-0.2, 0) is 11.3 Å². The number of aryl methyl sites for hydroxylation is 2. The molecule has 1 atom stereocenters. The highest BCUT2D eigenvalue weighted by Crippen LogP contribution is 2.20. The van der Waals surface area contributed by atoms with Crippen molar-refractivity contribution in [2.45, 2.75) is 32.9 Å². The van der Waals surface area contributed by atoms with Gasteiger partial charge in [-0.3, -0.25) is 9.59 Å². The molecule has 1 aromatic carbocycles. The summed E-state index contributed by atoms with van der Waals surface area (Å²) in [7, 11) is 0. The van der Waals surface area contributed by atoms with Crippen molar-refractivity contribution in [1.29, 1.82) is 0 Å². The van der Waals surface area contributed by atoms with Gasteiger partial charge in [0.1, 0.15) is 11.9 Å². The number of aromatic amines is 2. The molecule has 3 aromatic heterocycles. The first-order chi connectivity index (χ1) is 14.9. The normalized spacial score (nSPS) is 12.1.